The van der Waals surface area contributed by atoms with E-state index in [-0.39, 0.29) is 17.5 Å². The Hall–Kier alpha value is -1.56. The van der Waals surface area contributed by atoms with Gasteiger partial charge in [-0.15, -0.1) is 0 Å². The molecule has 1 aromatic carbocycles. The molecule has 0 bridgehead atoms. The molecule has 118 valence electrons. The van der Waals surface area contributed by atoms with Gasteiger partial charge in [-0.25, -0.2) is 0 Å². The van der Waals surface area contributed by atoms with E-state index in [0.29, 0.717) is 6.42 Å². The Bertz CT molecular complexity index is 492. The van der Waals surface area contributed by atoms with Crippen LogP contribution in [0.4, 0.5) is 13.2 Å². The Balaban J connectivity index is 2.61. The van der Waals surface area contributed by atoms with Gasteiger partial charge in [-0.05, 0) is 30.0 Å². The molecule has 0 aliphatic carbocycles. The first-order valence-electron chi connectivity index (χ1n) is 6.65. The van der Waals surface area contributed by atoms with E-state index in [1.54, 1.807) is 0 Å². The van der Waals surface area contributed by atoms with Gasteiger partial charge in [-0.1, -0.05) is 26.8 Å². The number of carbonyl (C=O) groups excluding carboxylic acids is 1. The molecule has 1 amide bonds. The summed E-state index contributed by atoms with van der Waals surface area (Å²) in [7, 11) is 0. The zero-order valence-corrected chi connectivity index (χ0v) is 12.3. The number of benzene rings is 1. The molecule has 1 aromatic rings. The molecule has 0 fully saturated rings. The molecule has 6 heteroatoms. The van der Waals surface area contributed by atoms with Crippen LogP contribution in [0.5, 0.6) is 0 Å². The van der Waals surface area contributed by atoms with Crippen molar-refractivity contribution < 1.29 is 23.1 Å². The molecular weight excluding hydrogens is 283 g/mol. The highest BCUT2D eigenvalue weighted by Gasteiger charge is 2.30. The van der Waals surface area contributed by atoms with Gasteiger partial charge in [0, 0.05) is 12.1 Å². The number of amides is 1. The third kappa shape index (κ3) is 5.38. The number of carbonyl (C=O) groups is 1. The standard InChI is InChI=1S/C15H20F3NO2/c1-14(2,3)12(20)7-8-19-13(21)10-5-4-6-11(9-10)15(16,17)18/h4-6,9,12,20H,7-8H2,1-3H3,(H,19,21). The quantitative estimate of drug-likeness (QED) is 0.897. The molecule has 0 saturated carbocycles. The minimum absolute atomic E-state index is 0.0462. The predicted molar refractivity (Wildman–Crippen MR) is 73.9 cm³/mol. The van der Waals surface area contributed by atoms with Crippen LogP contribution in [0, 0.1) is 5.41 Å². The summed E-state index contributed by atoms with van der Waals surface area (Å²) in [6.07, 6.45) is -4.73. The van der Waals surface area contributed by atoms with Gasteiger partial charge in [0.05, 0.1) is 11.7 Å². The smallest absolute Gasteiger partial charge is 0.393 e. The van der Waals surface area contributed by atoms with Crippen LogP contribution in [-0.2, 0) is 6.18 Å². The van der Waals surface area contributed by atoms with Gasteiger partial charge in [0.2, 0.25) is 0 Å². The highest BCUT2D eigenvalue weighted by Crippen LogP contribution is 2.29. The monoisotopic (exact) mass is 303 g/mol. The van der Waals surface area contributed by atoms with Crippen LogP contribution in [-0.4, -0.2) is 23.7 Å². The minimum atomic E-state index is -4.47. The molecule has 1 atom stereocenters. The van der Waals surface area contributed by atoms with Crippen molar-refractivity contribution in [3.8, 4) is 0 Å². The summed E-state index contributed by atoms with van der Waals surface area (Å²) in [6.45, 7) is 5.80. The molecule has 0 aromatic heterocycles. The molecular formula is C15H20F3NO2. The van der Waals surface area contributed by atoms with E-state index in [0.717, 1.165) is 12.1 Å². The van der Waals surface area contributed by atoms with E-state index in [2.05, 4.69) is 5.32 Å². The van der Waals surface area contributed by atoms with Crippen LogP contribution in [0.15, 0.2) is 24.3 Å². The Morgan fingerprint density at radius 1 is 1.29 bits per heavy atom. The molecule has 2 N–H and O–H groups in total. The van der Waals surface area contributed by atoms with Gasteiger partial charge >= 0.3 is 6.18 Å². The maximum Gasteiger partial charge on any atom is 0.416 e. The van der Waals surface area contributed by atoms with Crippen molar-refractivity contribution in [2.45, 2.75) is 39.5 Å². The number of rotatable bonds is 4. The number of aliphatic hydroxyl groups is 1. The van der Waals surface area contributed by atoms with Gasteiger partial charge in [0.15, 0.2) is 0 Å². The van der Waals surface area contributed by atoms with Crippen LogP contribution in [0.2, 0.25) is 0 Å². The first kappa shape index (κ1) is 17.5. The molecule has 0 heterocycles. The number of nitrogens with one attached hydrogen (secondary N) is 1. The molecule has 1 rings (SSSR count). The summed E-state index contributed by atoms with van der Waals surface area (Å²) in [5.74, 6) is -0.581. The Morgan fingerprint density at radius 3 is 2.43 bits per heavy atom. The summed E-state index contributed by atoms with van der Waals surface area (Å²) in [5.41, 5.74) is -1.21. The second-order valence-corrected chi connectivity index (χ2v) is 6.00. The molecule has 3 nitrogen and oxygen atoms in total. The van der Waals surface area contributed by atoms with Gasteiger partial charge in [0.25, 0.3) is 5.91 Å². The maximum absolute atomic E-state index is 12.6. The fourth-order valence-corrected chi connectivity index (χ4v) is 1.69. The van der Waals surface area contributed by atoms with Crippen molar-refractivity contribution in [3.05, 3.63) is 35.4 Å². The van der Waals surface area contributed by atoms with Crippen molar-refractivity contribution in [3.63, 3.8) is 0 Å². The van der Waals surface area contributed by atoms with Crippen LogP contribution in [0.3, 0.4) is 0 Å². The highest BCUT2D eigenvalue weighted by atomic mass is 19.4. The van der Waals surface area contributed by atoms with Crippen LogP contribution < -0.4 is 5.32 Å². The largest absolute Gasteiger partial charge is 0.416 e. The lowest BCUT2D eigenvalue weighted by Gasteiger charge is -2.25. The zero-order valence-electron chi connectivity index (χ0n) is 12.3. The van der Waals surface area contributed by atoms with Gasteiger partial charge in [-0.3, -0.25) is 4.79 Å². The van der Waals surface area contributed by atoms with Crippen LogP contribution in [0.25, 0.3) is 0 Å². The van der Waals surface area contributed by atoms with Crippen molar-refractivity contribution in [1.29, 1.82) is 0 Å². The first-order valence-corrected chi connectivity index (χ1v) is 6.65. The van der Waals surface area contributed by atoms with Gasteiger partial charge in [-0.2, -0.15) is 13.2 Å². The van der Waals surface area contributed by atoms with Crippen molar-refractivity contribution in [1.82, 2.24) is 5.32 Å². The molecule has 21 heavy (non-hydrogen) atoms. The van der Waals surface area contributed by atoms with E-state index in [4.69, 9.17) is 0 Å². The third-order valence-electron chi connectivity index (χ3n) is 3.16. The number of alkyl halides is 3. The van der Waals surface area contributed by atoms with Gasteiger partial charge < -0.3 is 10.4 Å². The highest BCUT2D eigenvalue weighted by molar-refractivity contribution is 5.94. The first-order chi connectivity index (χ1) is 9.51. The van der Waals surface area contributed by atoms with E-state index in [1.807, 2.05) is 20.8 Å². The molecule has 0 aliphatic heterocycles. The van der Waals surface area contributed by atoms with Gasteiger partial charge in [0.1, 0.15) is 0 Å². The number of hydrogen-bond acceptors (Lipinski definition) is 2. The molecule has 0 aliphatic rings. The van der Waals surface area contributed by atoms with E-state index in [1.165, 1.54) is 12.1 Å². The van der Waals surface area contributed by atoms with Crippen molar-refractivity contribution in [2.75, 3.05) is 6.54 Å². The second-order valence-electron chi connectivity index (χ2n) is 6.00. The van der Waals surface area contributed by atoms with Crippen LogP contribution in [0.1, 0.15) is 43.1 Å². The average Bonchev–Trinajstić information content (AvgIpc) is 2.36. The molecule has 1 unspecified atom stereocenters. The Morgan fingerprint density at radius 2 is 1.90 bits per heavy atom. The van der Waals surface area contributed by atoms with Crippen molar-refractivity contribution >= 4 is 5.91 Å². The van der Waals surface area contributed by atoms with E-state index < -0.39 is 23.8 Å². The summed E-state index contributed by atoms with van der Waals surface area (Å²) in [4.78, 5) is 11.8. The molecule has 0 spiro atoms. The fraction of sp³-hybridized carbons (Fsp3) is 0.533. The lowest BCUT2D eigenvalue weighted by atomic mass is 9.87. The third-order valence-corrected chi connectivity index (χ3v) is 3.16. The topological polar surface area (TPSA) is 49.3 Å². The van der Waals surface area contributed by atoms with E-state index in [9.17, 15) is 23.1 Å². The summed E-state index contributed by atoms with van der Waals surface area (Å²) >= 11 is 0. The summed E-state index contributed by atoms with van der Waals surface area (Å²) in [6, 6.07) is 4.25. The molecule has 0 saturated heterocycles. The minimum Gasteiger partial charge on any atom is -0.393 e. The number of hydrogen-bond donors (Lipinski definition) is 2. The van der Waals surface area contributed by atoms with E-state index >= 15 is 0 Å². The second kappa shape index (κ2) is 6.47. The number of aliphatic hydroxyl groups excluding tert-OH is 1. The molecule has 0 radical (unpaired) electrons. The summed E-state index contributed by atoms with van der Waals surface area (Å²) in [5, 5.41) is 12.3. The normalized spacial score (nSPS) is 13.9. The Labute approximate surface area is 122 Å². The SMILES string of the molecule is CC(C)(C)C(O)CCNC(=O)c1cccc(C(F)(F)F)c1. The lowest BCUT2D eigenvalue weighted by molar-refractivity contribution is -0.137. The average molecular weight is 303 g/mol. The van der Waals surface area contributed by atoms with Crippen LogP contribution >= 0.6 is 0 Å². The Kier molecular flexibility index (Phi) is 5.39. The zero-order chi connectivity index (χ0) is 16.3. The maximum atomic E-state index is 12.6. The fourth-order valence-electron chi connectivity index (χ4n) is 1.69. The summed E-state index contributed by atoms with van der Waals surface area (Å²) < 4.78 is 37.7. The van der Waals surface area contributed by atoms with Crippen molar-refractivity contribution in [2.24, 2.45) is 5.41 Å². The number of halogens is 3. The lowest BCUT2D eigenvalue weighted by Crippen LogP contribution is -2.32. The predicted octanol–water partition coefficient (Wildman–Crippen LogP) is 3.23.